The minimum atomic E-state index is -0.401. The number of nitrogens with zero attached hydrogens (tertiary/aromatic N) is 1. The maximum Gasteiger partial charge on any atom is 0.267 e. The molecule has 1 heterocycles. The molecule has 0 aliphatic heterocycles. The summed E-state index contributed by atoms with van der Waals surface area (Å²) in [5.74, 6) is -0.588. The summed E-state index contributed by atoms with van der Waals surface area (Å²) in [6.07, 6.45) is 3.24. The molecule has 4 aromatic rings. The zero-order chi connectivity index (χ0) is 25.5. The Morgan fingerprint density at radius 2 is 1.47 bits per heavy atom. The van der Waals surface area contributed by atoms with E-state index in [1.165, 1.54) is 16.2 Å². The van der Waals surface area contributed by atoms with Crippen molar-refractivity contribution in [3.63, 3.8) is 0 Å². The van der Waals surface area contributed by atoms with E-state index in [9.17, 15) is 14.4 Å². The highest BCUT2D eigenvalue weighted by Gasteiger charge is 2.15. The van der Waals surface area contributed by atoms with Crippen molar-refractivity contribution in [2.24, 2.45) is 0 Å². The van der Waals surface area contributed by atoms with Crippen LogP contribution < -0.4 is 16.2 Å². The van der Waals surface area contributed by atoms with Crippen LogP contribution in [0.1, 0.15) is 45.2 Å². The number of carbonyl (C=O) groups is 2. The van der Waals surface area contributed by atoms with Crippen LogP contribution in [0.2, 0.25) is 0 Å². The standard InChI is InChI=1S/C30H29N3O3/c1-21-9-6-7-12-26(21)28(34)32-24-16-18-25(19-17-24)33-20-8-13-27(30(33)36)29(35)31-22(2)14-15-23-10-4-3-5-11-23/h3-13,16-20,22H,14-15H2,1-2H3,(H,31,35)(H,32,34)/t22-/m0/s1. The predicted octanol–water partition coefficient (Wildman–Crippen LogP) is 5.15. The van der Waals surface area contributed by atoms with Crippen LogP contribution in [0, 0.1) is 6.92 Å². The zero-order valence-electron chi connectivity index (χ0n) is 20.4. The molecule has 0 fully saturated rings. The van der Waals surface area contributed by atoms with E-state index in [0.717, 1.165) is 18.4 Å². The van der Waals surface area contributed by atoms with Crippen LogP contribution in [0.4, 0.5) is 5.69 Å². The first-order valence-corrected chi connectivity index (χ1v) is 12.0. The monoisotopic (exact) mass is 479 g/mol. The van der Waals surface area contributed by atoms with E-state index in [2.05, 4.69) is 22.8 Å². The van der Waals surface area contributed by atoms with Crippen LogP contribution in [0.3, 0.4) is 0 Å². The van der Waals surface area contributed by atoms with Crippen molar-refractivity contribution in [2.45, 2.75) is 32.7 Å². The van der Waals surface area contributed by atoms with E-state index in [0.29, 0.717) is 16.9 Å². The third kappa shape index (κ3) is 5.96. The van der Waals surface area contributed by atoms with Crippen LogP contribution >= 0.6 is 0 Å². The summed E-state index contributed by atoms with van der Waals surface area (Å²) in [5, 5.41) is 5.81. The lowest BCUT2D eigenvalue weighted by molar-refractivity contribution is 0.0935. The molecule has 3 aromatic carbocycles. The van der Waals surface area contributed by atoms with Gasteiger partial charge < -0.3 is 10.6 Å². The molecule has 0 bridgehead atoms. The Kier molecular flexibility index (Phi) is 7.75. The van der Waals surface area contributed by atoms with Gasteiger partial charge in [0.1, 0.15) is 5.56 Å². The van der Waals surface area contributed by atoms with Crippen molar-refractivity contribution >= 4 is 17.5 Å². The van der Waals surface area contributed by atoms with Gasteiger partial charge in [0.25, 0.3) is 17.4 Å². The average molecular weight is 480 g/mol. The summed E-state index contributed by atoms with van der Waals surface area (Å²) in [6.45, 7) is 3.82. The Balaban J connectivity index is 1.43. The first-order valence-electron chi connectivity index (χ1n) is 12.0. The van der Waals surface area contributed by atoms with E-state index >= 15 is 0 Å². The van der Waals surface area contributed by atoms with Gasteiger partial charge in [0.05, 0.1) is 0 Å². The molecule has 1 atom stereocenters. The van der Waals surface area contributed by atoms with Gasteiger partial charge >= 0.3 is 0 Å². The number of pyridine rings is 1. The highest BCUT2D eigenvalue weighted by Crippen LogP contribution is 2.15. The lowest BCUT2D eigenvalue weighted by atomic mass is 10.1. The smallest absolute Gasteiger partial charge is 0.267 e. The Morgan fingerprint density at radius 3 is 2.19 bits per heavy atom. The number of aromatic nitrogens is 1. The van der Waals surface area contributed by atoms with Gasteiger partial charge in [-0.15, -0.1) is 0 Å². The SMILES string of the molecule is Cc1ccccc1C(=O)Nc1ccc(-n2cccc(C(=O)N[C@@H](C)CCc3ccccc3)c2=O)cc1. The van der Waals surface area contributed by atoms with E-state index in [-0.39, 0.29) is 17.5 Å². The number of anilines is 1. The van der Waals surface area contributed by atoms with Gasteiger partial charge in [-0.1, -0.05) is 48.5 Å². The van der Waals surface area contributed by atoms with Crippen LogP contribution in [-0.2, 0) is 6.42 Å². The number of carbonyl (C=O) groups excluding carboxylic acids is 2. The zero-order valence-corrected chi connectivity index (χ0v) is 20.4. The maximum atomic E-state index is 13.1. The van der Waals surface area contributed by atoms with Crippen molar-refractivity contribution in [2.75, 3.05) is 5.32 Å². The predicted molar refractivity (Wildman–Crippen MR) is 143 cm³/mol. The Labute approximate surface area is 210 Å². The topological polar surface area (TPSA) is 80.2 Å². The average Bonchev–Trinajstić information content (AvgIpc) is 2.89. The lowest BCUT2D eigenvalue weighted by Crippen LogP contribution is -2.37. The normalized spacial score (nSPS) is 11.5. The number of hydrogen-bond donors (Lipinski definition) is 2. The number of amides is 2. The molecule has 0 saturated carbocycles. The summed E-state index contributed by atoms with van der Waals surface area (Å²) >= 11 is 0. The molecule has 2 N–H and O–H groups in total. The second-order valence-corrected chi connectivity index (χ2v) is 8.81. The number of benzene rings is 3. The quantitative estimate of drug-likeness (QED) is 0.367. The van der Waals surface area contributed by atoms with Gasteiger partial charge in [0.15, 0.2) is 0 Å². The minimum Gasteiger partial charge on any atom is -0.349 e. The Morgan fingerprint density at radius 1 is 0.806 bits per heavy atom. The van der Waals surface area contributed by atoms with Crippen LogP contribution in [-0.4, -0.2) is 22.4 Å². The van der Waals surface area contributed by atoms with Gasteiger partial charge in [-0.05, 0) is 80.3 Å². The van der Waals surface area contributed by atoms with Crippen molar-refractivity contribution in [1.29, 1.82) is 0 Å². The second-order valence-electron chi connectivity index (χ2n) is 8.81. The minimum absolute atomic E-state index is 0.0816. The molecule has 0 saturated heterocycles. The number of rotatable bonds is 8. The maximum absolute atomic E-state index is 13.1. The van der Waals surface area contributed by atoms with Crippen molar-refractivity contribution in [1.82, 2.24) is 9.88 Å². The molecule has 0 unspecified atom stereocenters. The first-order chi connectivity index (χ1) is 17.4. The molecule has 36 heavy (non-hydrogen) atoms. The summed E-state index contributed by atoms with van der Waals surface area (Å²) in [5.41, 5.74) is 3.60. The molecule has 6 nitrogen and oxygen atoms in total. The number of nitrogens with one attached hydrogen (secondary N) is 2. The molecule has 4 rings (SSSR count). The van der Waals surface area contributed by atoms with Crippen molar-refractivity contribution in [3.05, 3.63) is 130 Å². The van der Waals surface area contributed by atoms with E-state index in [1.54, 1.807) is 42.6 Å². The molecule has 2 amide bonds. The van der Waals surface area contributed by atoms with E-state index in [4.69, 9.17) is 0 Å². The van der Waals surface area contributed by atoms with E-state index in [1.807, 2.05) is 50.2 Å². The van der Waals surface area contributed by atoms with Crippen LogP contribution in [0.5, 0.6) is 0 Å². The number of aryl methyl sites for hydroxylation is 2. The molecule has 182 valence electrons. The fraction of sp³-hybridized carbons (Fsp3) is 0.167. The fourth-order valence-corrected chi connectivity index (χ4v) is 4.00. The van der Waals surface area contributed by atoms with Gasteiger partial charge in [-0.2, -0.15) is 0 Å². The lowest BCUT2D eigenvalue weighted by Gasteiger charge is -2.15. The Hall–Kier alpha value is -4.45. The second kappa shape index (κ2) is 11.3. The summed E-state index contributed by atoms with van der Waals surface area (Å²) < 4.78 is 1.43. The molecule has 0 spiro atoms. The van der Waals surface area contributed by atoms with Gasteiger partial charge in [0.2, 0.25) is 0 Å². The molecular formula is C30H29N3O3. The molecule has 0 radical (unpaired) electrons. The molecule has 1 aromatic heterocycles. The van der Waals surface area contributed by atoms with Gasteiger partial charge in [-0.25, -0.2) is 0 Å². The van der Waals surface area contributed by atoms with E-state index < -0.39 is 11.5 Å². The third-order valence-corrected chi connectivity index (χ3v) is 6.07. The molecular weight excluding hydrogens is 450 g/mol. The van der Waals surface area contributed by atoms with Crippen LogP contribution in [0.25, 0.3) is 5.69 Å². The van der Waals surface area contributed by atoms with Crippen molar-refractivity contribution in [3.8, 4) is 5.69 Å². The highest BCUT2D eigenvalue weighted by molar-refractivity contribution is 6.05. The van der Waals surface area contributed by atoms with Gasteiger partial charge in [0, 0.05) is 29.2 Å². The molecule has 0 aliphatic rings. The first kappa shape index (κ1) is 24.7. The van der Waals surface area contributed by atoms with Crippen molar-refractivity contribution < 1.29 is 9.59 Å². The summed E-state index contributed by atoms with van der Waals surface area (Å²) in [6, 6.07) is 27.5. The molecule has 6 heteroatoms. The van der Waals surface area contributed by atoms with Gasteiger partial charge in [-0.3, -0.25) is 19.0 Å². The molecule has 0 aliphatic carbocycles. The highest BCUT2D eigenvalue weighted by atomic mass is 16.2. The number of hydrogen-bond acceptors (Lipinski definition) is 3. The Bertz CT molecular complexity index is 1410. The fourth-order valence-electron chi connectivity index (χ4n) is 4.00. The summed E-state index contributed by atoms with van der Waals surface area (Å²) in [4.78, 5) is 38.5. The summed E-state index contributed by atoms with van der Waals surface area (Å²) in [7, 11) is 0. The third-order valence-electron chi connectivity index (χ3n) is 6.07. The van der Waals surface area contributed by atoms with Crippen LogP contribution in [0.15, 0.2) is 102 Å². The largest absolute Gasteiger partial charge is 0.349 e.